The van der Waals surface area contributed by atoms with Crippen molar-refractivity contribution >= 4 is 11.6 Å². The summed E-state index contributed by atoms with van der Waals surface area (Å²) >= 11 is 6.07. The van der Waals surface area contributed by atoms with Gasteiger partial charge < -0.3 is 4.57 Å². The average Bonchev–Trinajstić information content (AvgIpc) is 2.82. The zero-order chi connectivity index (χ0) is 13.2. The molecule has 0 unspecified atom stereocenters. The van der Waals surface area contributed by atoms with E-state index in [1.165, 1.54) is 0 Å². The van der Waals surface area contributed by atoms with Gasteiger partial charge >= 0.3 is 0 Å². The molecule has 1 aromatic carbocycles. The molecule has 0 radical (unpaired) electrons. The number of benzene rings is 1. The molecule has 2 heterocycles. The zero-order valence-electron chi connectivity index (χ0n) is 10.4. The SMILES string of the molecule is Cn1cnc(-c2ccccn2)c1-c1cccc(Cl)c1. The molecule has 3 rings (SSSR count). The van der Waals surface area contributed by atoms with Crippen molar-refractivity contribution in [2.75, 3.05) is 0 Å². The maximum atomic E-state index is 6.07. The molecule has 0 amide bonds. The summed E-state index contributed by atoms with van der Waals surface area (Å²) in [7, 11) is 1.97. The molecule has 0 fully saturated rings. The Labute approximate surface area is 116 Å². The van der Waals surface area contributed by atoms with E-state index in [9.17, 15) is 0 Å². The third-order valence-corrected chi connectivity index (χ3v) is 3.18. The van der Waals surface area contributed by atoms with Crippen molar-refractivity contribution in [3.63, 3.8) is 0 Å². The van der Waals surface area contributed by atoms with Gasteiger partial charge in [0.2, 0.25) is 0 Å². The molecular weight excluding hydrogens is 258 g/mol. The maximum absolute atomic E-state index is 6.07. The molecule has 0 aliphatic heterocycles. The fraction of sp³-hybridized carbons (Fsp3) is 0.0667. The molecular formula is C15H12ClN3. The van der Waals surface area contributed by atoms with Gasteiger partial charge in [-0.3, -0.25) is 4.98 Å². The standard InChI is InChI=1S/C15H12ClN3/c1-19-10-18-14(13-7-2-3-8-17-13)15(19)11-5-4-6-12(16)9-11/h2-10H,1H3. The maximum Gasteiger partial charge on any atom is 0.115 e. The number of aromatic nitrogens is 3. The smallest absolute Gasteiger partial charge is 0.115 e. The molecule has 2 aromatic heterocycles. The second kappa shape index (κ2) is 4.86. The number of nitrogens with zero attached hydrogens (tertiary/aromatic N) is 3. The third-order valence-electron chi connectivity index (χ3n) is 2.94. The summed E-state index contributed by atoms with van der Waals surface area (Å²) in [5.41, 5.74) is 3.78. The predicted octanol–water partition coefficient (Wildman–Crippen LogP) is 3.80. The molecule has 3 nitrogen and oxygen atoms in total. The van der Waals surface area contributed by atoms with Crippen LogP contribution in [0.3, 0.4) is 0 Å². The van der Waals surface area contributed by atoms with Crippen molar-refractivity contribution in [1.82, 2.24) is 14.5 Å². The van der Waals surface area contributed by atoms with Gasteiger partial charge in [0.15, 0.2) is 0 Å². The highest BCUT2D eigenvalue weighted by Gasteiger charge is 2.13. The van der Waals surface area contributed by atoms with Crippen molar-refractivity contribution in [1.29, 1.82) is 0 Å². The molecule has 0 N–H and O–H groups in total. The van der Waals surface area contributed by atoms with Crippen molar-refractivity contribution in [2.24, 2.45) is 7.05 Å². The molecule has 0 spiro atoms. The Morgan fingerprint density at radius 2 is 1.95 bits per heavy atom. The van der Waals surface area contributed by atoms with Crippen LogP contribution in [-0.2, 0) is 7.05 Å². The Morgan fingerprint density at radius 3 is 2.68 bits per heavy atom. The van der Waals surface area contributed by atoms with E-state index in [-0.39, 0.29) is 0 Å². The lowest BCUT2D eigenvalue weighted by Crippen LogP contribution is -1.92. The minimum atomic E-state index is 0.714. The molecule has 3 aromatic rings. The summed E-state index contributed by atoms with van der Waals surface area (Å²) in [5.74, 6) is 0. The van der Waals surface area contributed by atoms with Gasteiger partial charge in [0.05, 0.1) is 17.7 Å². The fourth-order valence-electron chi connectivity index (χ4n) is 2.10. The Hall–Kier alpha value is -2.13. The number of pyridine rings is 1. The largest absolute Gasteiger partial charge is 0.333 e. The summed E-state index contributed by atoms with van der Waals surface area (Å²) in [6.07, 6.45) is 3.56. The van der Waals surface area contributed by atoms with Crippen LogP contribution in [-0.4, -0.2) is 14.5 Å². The Kier molecular flexibility index (Phi) is 3.05. The average molecular weight is 270 g/mol. The molecule has 0 aliphatic rings. The normalized spacial score (nSPS) is 10.6. The molecule has 0 bridgehead atoms. The van der Waals surface area contributed by atoms with Gasteiger partial charge in [-0.1, -0.05) is 29.8 Å². The first-order chi connectivity index (χ1) is 9.25. The topological polar surface area (TPSA) is 30.7 Å². The van der Waals surface area contributed by atoms with E-state index in [4.69, 9.17) is 11.6 Å². The van der Waals surface area contributed by atoms with Gasteiger partial charge in [0.1, 0.15) is 5.69 Å². The van der Waals surface area contributed by atoms with Crippen LogP contribution in [0.15, 0.2) is 55.0 Å². The van der Waals surface area contributed by atoms with Crippen LogP contribution in [0, 0.1) is 0 Å². The first kappa shape index (κ1) is 11.9. The summed E-state index contributed by atoms with van der Waals surface area (Å²) in [6, 6.07) is 13.6. The van der Waals surface area contributed by atoms with Crippen molar-refractivity contribution in [3.05, 3.63) is 60.0 Å². The highest BCUT2D eigenvalue weighted by atomic mass is 35.5. The number of halogens is 1. The Morgan fingerprint density at radius 1 is 1.05 bits per heavy atom. The number of aryl methyl sites for hydroxylation is 1. The van der Waals surface area contributed by atoms with Gasteiger partial charge in [-0.05, 0) is 24.3 Å². The van der Waals surface area contributed by atoms with E-state index < -0.39 is 0 Å². The number of hydrogen-bond donors (Lipinski definition) is 0. The lowest BCUT2D eigenvalue weighted by atomic mass is 10.1. The summed E-state index contributed by atoms with van der Waals surface area (Å²) in [5, 5.41) is 0.714. The molecule has 0 saturated heterocycles. The minimum Gasteiger partial charge on any atom is -0.333 e. The first-order valence-electron chi connectivity index (χ1n) is 5.94. The number of hydrogen-bond acceptors (Lipinski definition) is 2. The van der Waals surface area contributed by atoms with Crippen LogP contribution in [0.4, 0.5) is 0 Å². The Bertz CT molecular complexity index is 704. The van der Waals surface area contributed by atoms with E-state index in [2.05, 4.69) is 9.97 Å². The van der Waals surface area contributed by atoms with E-state index in [1.807, 2.05) is 54.1 Å². The van der Waals surface area contributed by atoms with Crippen LogP contribution < -0.4 is 0 Å². The first-order valence-corrected chi connectivity index (χ1v) is 6.32. The number of imidazole rings is 1. The van der Waals surface area contributed by atoms with Crippen LogP contribution >= 0.6 is 11.6 Å². The third kappa shape index (κ3) is 2.25. The fourth-order valence-corrected chi connectivity index (χ4v) is 2.29. The Balaban J connectivity index is 2.20. The predicted molar refractivity (Wildman–Crippen MR) is 76.9 cm³/mol. The lowest BCUT2D eigenvalue weighted by Gasteiger charge is -2.06. The molecule has 0 saturated carbocycles. The molecule has 0 aliphatic carbocycles. The molecule has 0 atom stereocenters. The van der Waals surface area contributed by atoms with E-state index in [0.29, 0.717) is 5.02 Å². The van der Waals surface area contributed by atoms with Crippen LogP contribution in [0.1, 0.15) is 0 Å². The van der Waals surface area contributed by atoms with E-state index >= 15 is 0 Å². The second-order valence-electron chi connectivity index (χ2n) is 4.28. The molecule has 19 heavy (non-hydrogen) atoms. The van der Waals surface area contributed by atoms with Crippen LogP contribution in [0.25, 0.3) is 22.6 Å². The monoisotopic (exact) mass is 269 g/mol. The number of rotatable bonds is 2. The van der Waals surface area contributed by atoms with Crippen molar-refractivity contribution < 1.29 is 0 Å². The van der Waals surface area contributed by atoms with Gasteiger partial charge in [0, 0.05) is 23.8 Å². The quantitative estimate of drug-likeness (QED) is 0.708. The van der Waals surface area contributed by atoms with E-state index in [1.54, 1.807) is 12.5 Å². The van der Waals surface area contributed by atoms with Gasteiger partial charge in [-0.25, -0.2) is 4.98 Å². The van der Waals surface area contributed by atoms with Crippen molar-refractivity contribution in [2.45, 2.75) is 0 Å². The van der Waals surface area contributed by atoms with Crippen molar-refractivity contribution in [3.8, 4) is 22.6 Å². The van der Waals surface area contributed by atoms with Gasteiger partial charge in [-0.2, -0.15) is 0 Å². The molecule has 94 valence electrons. The lowest BCUT2D eigenvalue weighted by molar-refractivity contribution is 0.921. The second-order valence-corrected chi connectivity index (χ2v) is 4.71. The highest BCUT2D eigenvalue weighted by Crippen LogP contribution is 2.30. The van der Waals surface area contributed by atoms with Crippen LogP contribution in [0.5, 0.6) is 0 Å². The van der Waals surface area contributed by atoms with Crippen LogP contribution in [0.2, 0.25) is 5.02 Å². The summed E-state index contributed by atoms with van der Waals surface area (Å²) < 4.78 is 1.98. The highest BCUT2D eigenvalue weighted by molar-refractivity contribution is 6.30. The van der Waals surface area contributed by atoms with Gasteiger partial charge in [-0.15, -0.1) is 0 Å². The van der Waals surface area contributed by atoms with Gasteiger partial charge in [0.25, 0.3) is 0 Å². The minimum absolute atomic E-state index is 0.714. The zero-order valence-corrected chi connectivity index (χ0v) is 11.2. The summed E-state index contributed by atoms with van der Waals surface area (Å²) in [6.45, 7) is 0. The summed E-state index contributed by atoms with van der Waals surface area (Å²) in [4.78, 5) is 8.81. The van der Waals surface area contributed by atoms with E-state index in [0.717, 1.165) is 22.6 Å². The molecule has 4 heteroatoms.